The summed E-state index contributed by atoms with van der Waals surface area (Å²) in [7, 11) is 0. The molecule has 3 heterocycles. The first kappa shape index (κ1) is 26.4. The molecule has 40 heavy (non-hydrogen) atoms. The Morgan fingerprint density at radius 3 is 2.52 bits per heavy atom. The molecule has 2 amide bonds. The quantitative estimate of drug-likeness (QED) is 0.296. The highest BCUT2D eigenvalue weighted by molar-refractivity contribution is 6.07. The van der Waals surface area contributed by atoms with E-state index in [9.17, 15) is 19.5 Å². The van der Waals surface area contributed by atoms with Gasteiger partial charge >= 0.3 is 6.09 Å². The highest BCUT2D eigenvalue weighted by atomic mass is 16.6. The molecule has 204 valence electrons. The number of nitrogens with one attached hydrogen (secondary N) is 2. The summed E-state index contributed by atoms with van der Waals surface area (Å²) in [6.07, 6.45) is 2.34. The topological polar surface area (TPSA) is 140 Å². The van der Waals surface area contributed by atoms with Crippen molar-refractivity contribution in [2.45, 2.75) is 39.3 Å². The minimum atomic E-state index is -0.773. The van der Waals surface area contributed by atoms with E-state index >= 15 is 0 Å². The fraction of sp³-hybridized carbons (Fsp3) is 0.207. The molecule has 11 heteroatoms. The number of benzene rings is 2. The van der Waals surface area contributed by atoms with Crippen molar-refractivity contribution in [2.24, 2.45) is 0 Å². The monoisotopic (exact) mass is 540 g/mol. The molecular formula is C29H28N6O5. The largest absolute Gasteiger partial charge is 0.507 e. The number of carbonyl (C=O) groups excluding carboxylic acids is 2. The van der Waals surface area contributed by atoms with Crippen molar-refractivity contribution in [2.75, 3.05) is 5.32 Å². The standard InChI is InChI=1S/C29H28N6O5/c1-17(20-16-18-10-8-13-21(36)22(18)27(38)35(20)19-11-6-5-7-12-19)31-26(37)23-24(32-28(39)40-29(2,3)4)33-34-15-9-14-30-25(23)34/h5-17,36H,1-4H3,(H,31,37)(H,32,33,39)/t17-/m0/s1. The zero-order chi connectivity index (χ0) is 28.6. The number of phenolic OH excluding ortho intramolecular Hbond substituents is 1. The van der Waals surface area contributed by atoms with Gasteiger partial charge in [-0.15, -0.1) is 5.10 Å². The lowest BCUT2D eigenvalue weighted by atomic mass is 10.1. The van der Waals surface area contributed by atoms with Crippen LogP contribution in [-0.2, 0) is 4.74 Å². The molecule has 5 aromatic rings. The molecule has 0 bridgehead atoms. The SMILES string of the molecule is C[C@H](NC(=O)c1c(NC(=O)OC(C)(C)C)nn2cccnc12)c1cc2cccc(O)c2c(=O)n1-c1ccccc1. The summed E-state index contributed by atoms with van der Waals surface area (Å²) < 4.78 is 8.18. The zero-order valence-electron chi connectivity index (χ0n) is 22.4. The Morgan fingerprint density at radius 1 is 1.05 bits per heavy atom. The molecule has 0 spiro atoms. The summed E-state index contributed by atoms with van der Waals surface area (Å²) in [6, 6.07) is 16.5. The van der Waals surface area contributed by atoms with E-state index in [1.54, 1.807) is 82.4 Å². The van der Waals surface area contributed by atoms with Gasteiger partial charge in [-0.1, -0.05) is 30.3 Å². The number of rotatable bonds is 5. The summed E-state index contributed by atoms with van der Waals surface area (Å²) in [5, 5.41) is 20.9. The van der Waals surface area contributed by atoms with Crippen LogP contribution in [0.4, 0.5) is 10.6 Å². The van der Waals surface area contributed by atoms with Crippen molar-refractivity contribution in [1.82, 2.24) is 24.5 Å². The third-order valence-electron chi connectivity index (χ3n) is 6.10. The van der Waals surface area contributed by atoms with Crippen molar-refractivity contribution in [3.63, 3.8) is 0 Å². The molecule has 0 saturated carbocycles. The average molecular weight is 541 g/mol. The van der Waals surface area contributed by atoms with Crippen LogP contribution >= 0.6 is 0 Å². The maximum absolute atomic E-state index is 13.7. The lowest BCUT2D eigenvalue weighted by molar-refractivity contribution is 0.0635. The summed E-state index contributed by atoms with van der Waals surface area (Å²) in [6.45, 7) is 6.91. The van der Waals surface area contributed by atoms with E-state index in [1.807, 2.05) is 6.07 Å². The Hall–Kier alpha value is -5.19. The van der Waals surface area contributed by atoms with Crippen LogP contribution in [-0.4, -0.2) is 41.9 Å². The van der Waals surface area contributed by atoms with E-state index in [0.717, 1.165) is 0 Å². The minimum absolute atomic E-state index is 0.0264. The number of amides is 2. The first-order valence-electron chi connectivity index (χ1n) is 12.6. The van der Waals surface area contributed by atoms with Gasteiger partial charge in [-0.2, -0.15) is 0 Å². The molecule has 0 radical (unpaired) electrons. The van der Waals surface area contributed by atoms with Gasteiger partial charge < -0.3 is 15.2 Å². The van der Waals surface area contributed by atoms with Gasteiger partial charge in [0.05, 0.1) is 11.4 Å². The number of nitrogens with zero attached hydrogens (tertiary/aromatic N) is 4. The maximum Gasteiger partial charge on any atom is 0.413 e. The number of hydrogen-bond donors (Lipinski definition) is 3. The minimum Gasteiger partial charge on any atom is -0.507 e. The van der Waals surface area contributed by atoms with Gasteiger partial charge in [0.2, 0.25) is 0 Å². The highest BCUT2D eigenvalue weighted by Crippen LogP contribution is 2.27. The lowest BCUT2D eigenvalue weighted by Gasteiger charge is -2.21. The zero-order valence-corrected chi connectivity index (χ0v) is 22.4. The van der Waals surface area contributed by atoms with Crippen LogP contribution in [0.1, 0.15) is 49.8 Å². The smallest absolute Gasteiger partial charge is 0.413 e. The van der Waals surface area contributed by atoms with E-state index in [-0.39, 0.29) is 28.2 Å². The number of ether oxygens (including phenoxy) is 1. The molecule has 0 saturated heterocycles. The van der Waals surface area contributed by atoms with Gasteiger partial charge in [-0.3, -0.25) is 19.5 Å². The van der Waals surface area contributed by atoms with E-state index in [0.29, 0.717) is 16.8 Å². The van der Waals surface area contributed by atoms with Crippen molar-refractivity contribution in [1.29, 1.82) is 0 Å². The van der Waals surface area contributed by atoms with Gasteiger partial charge in [-0.25, -0.2) is 14.3 Å². The Morgan fingerprint density at radius 2 is 1.80 bits per heavy atom. The Bertz CT molecular complexity index is 1800. The van der Waals surface area contributed by atoms with Crippen molar-refractivity contribution in [3.05, 3.63) is 94.7 Å². The highest BCUT2D eigenvalue weighted by Gasteiger charge is 2.27. The first-order chi connectivity index (χ1) is 19.0. The van der Waals surface area contributed by atoms with Crippen molar-refractivity contribution in [3.8, 4) is 11.4 Å². The number of para-hydroxylation sites is 1. The van der Waals surface area contributed by atoms with Crippen LogP contribution in [0.5, 0.6) is 5.75 Å². The van der Waals surface area contributed by atoms with E-state index in [4.69, 9.17) is 4.74 Å². The molecule has 3 aromatic heterocycles. The van der Waals surface area contributed by atoms with Crippen LogP contribution in [0.15, 0.2) is 77.9 Å². The number of aromatic nitrogens is 4. The number of anilines is 1. The Kier molecular flexibility index (Phi) is 6.72. The van der Waals surface area contributed by atoms with Crippen LogP contribution in [0.3, 0.4) is 0 Å². The van der Waals surface area contributed by atoms with Crippen LogP contribution in [0.2, 0.25) is 0 Å². The van der Waals surface area contributed by atoms with Gasteiger partial charge in [0.25, 0.3) is 11.5 Å². The molecule has 0 aliphatic carbocycles. The number of hydrogen-bond acceptors (Lipinski definition) is 7. The molecule has 5 rings (SSSR count). The fourth-order valence-corrected chi connectivity index (χ4v) is 4.45. The molecule has 0 unspecified atom stereocenters. The second-order valence-corrected chi connectivity index (χ2v) is 10.2. The first-order valence-corrected chi connectivity index (χ1v) is 12.6. The molecule has 11 nitrogen and oxygen atoms in total. The van der Waals surface area contributed by atoms with Gasteiger partial charge in [0.15, 0.2) is 11.5 Å². The van der Waals surface area contributed by atoms with Crippen LogP contribution < -0.4 is 16.2 Å². The predicted octanol–water partition coefficient (Wildman–Crippen LogP) is 4.58. The number of carbonyl (C=O) groups is 2. The van der Waals surface area contributed by atoms with Crippen LogP contribution in [0.25, 0.3) is 22.1 Å². The third-order valence-corrected chi connectivity index (χ3v) is 6.10. The molecule has 3 N–H and O–H groups in total. The molecule has 1 atom stereocenters. The third kappa shape index (κ3) is 5.08. The molecule has 0 aliphatic rings. The van der Waals surface area contributed by atoms with E-state index < -0.39 is 29.2 Å². The molecule has 0 fully saturated rings. The molecule has 0 aliphatic heterocycles. The predicted molar refractivity (Wildman–Crippen MR) is 150 cm³/mol. The molecule has 2 aromatic carbocycles. The second-order valence-electron chi connectivity index (χ2n) is 10.2. The average Bonchev–Trinajstić information content (AvgIpc) is 3.25. The Labute approximate surface area is 229 Å². The fourth-order valence-electron chi connectivity index (χ4n) is 4.45. The number of phenols is 1. The second kappa shape index (κ2) is 10.2. The number of fused-ring (bicyclic) bond motifs is 2. The summed E-state index contributed by atoms with van der Waals surface area (Å²) in [5.74, 6) is -0.734. The van der Waals surface area contributed by atoms with Gasteiger partial charge in [0.1, 0.15) is 16.9 Å². The number of pyridine rings is 1. The van der Waals surface area contributed by atoms with Crippen molar-refractivity contribution >= 4 is 34.2 Å². The lowest BCUT2D eigenvalue weighted by Crippen LogP contribution is -2.33. The number of aromatic hydroxyl groups is 1. The summed E-state index contributed by atoms with van der Waals surface area (Å²) >= 11 is 0. The van der Waals surface area contributed by atoms with Gasteiger partial charge in [0, 0.05) is 23.8 Å². The van der Waals surface area contributed by atoms with E-state index in [2.05, 4.69) is 20.7 Å². The van der Waals surface area contributed by atoms with Crippen molar-refractivity contribution < 1.29 is 19.4 Å². The molecular weight excluding hydrogens is 512 g/mol. The normalized spacial score (nSPS) is 12.3. The maximum atomic E-state index is 13.7. The van der Waals surface area contributed by atoms with Gasteiger partial charge in [-0.05, 0) is 63.4 Å². The van der Waals surface area contributed by atoms with E-state index in [1.165, 1.54) is 21.3 Å². The Balaban J connectivity index is 1.57. The summed E-state index contributed by atoms with van der Waals surface area (Å²) in [5.41, 5.74) is 0.118. The van der Waals surface area contributed by atoms with Crippen LogP contribution in [0, 0.1) is 0 Å². The summed E-state index contributed by atoms with van der Waals surface area (Å²) in [4.78, 5) is 44.2.